The summed E-state index contributed by atoms with van der Waals surface area (Å²) in [7, 11) is -5.62. The van der Waals surface area contributed by atoms with Gasteiger partial charge in [-0.2, -0.15) is 0 Å². The Bertz CT molecular complexity index is 700. The third-order valence-electron chi connectivity index (χ3n) is 1.85. The maximum atomic E-state index is 12.5. The molecule has 12 heteroatoms. The average molecular weight is 600 g/mol. The van der Waals surface area contributed by atoms with Crippen LogP contribution in [0.3, 0.4) is 0 Å². The second kappa shape index (κ2) is 6.73. The Morgan fingerprint density at radius 2 is 1.43 bits per heavy atom. The van der Waals surface area contributed by atoms with Crippen molar-refractivity contribution in [2.75, 3.05) is 0 Å². The van der Waals surface area contributed by atoms with Gasteiger partial charge in [-0.15, -0.1) is 0 Å². The zero-order valence-corrected chi connectivity index (χ0v) is 17.3. The molecule has 2 rings (SSSR count). The van der Waals surface area contributed by atoms with Crippen molar-refractivity contribution in [3.05, 3.63) is 37.6 Å². The first-order valence-electron chi connectivity index (χ1n) is 4.82. The normalized spacial score (nSPS) is 13.5. The monoisotopic (exact) mass is 598 g/mol. The molecule has 0 unspecified atom stereocenters. The van der Waals surface area contributed by atoms with Crippen LogP contribution >= 0.6 is 74.8 Å². The molecule has 2 heterocycles. The quantitative estimate of drug-likeness (QED) is 0.337. The molecule has 3 nitrogen and oxygen atoms in total. The SMILES string of the molecule is O=S(=O)(OI(c1ccc(Br)s1)c1ccc(Br)s1)C(F)(F)F. The summed E-state index contributed by atoms with van der Waals surface area (Å²) in [6.07, 6.45) is 0. The van der Waals surface area contributed by atoms with E-state index in [0.717, 1.165) is 0 Å². The van der Waals surface area contributed by atoms with Gasteiger partial charge in [0.25, 0.3) is 0 Å². The van der Waals surface area contributed by atoms with Gasteiger partial charge >= 0.3 is 152 Å². The number of alkyl halides is 3. The summed E-state index contributed by atoms with van der Waals surface area (Å²) in [5, 5.41) is 0. The Hall–Kier alpha value is 0.790. The summed E-state index contributed by atoms with van der Waals surface area (Å²) < 4.78 is 67.2. The number of rotatable bonds is 4. The van der Waals surface area contributed by atoms with Crippen molar-refractivity contribution in [3.63, 3.8) is 0 Å². The van der Waals surface area contributed by atoms with E-state index in [2.05, 4.69) is 34.4 Å². The first kappa shape index (κ1) is 18.1. The Morgan fingerprint density at radius 1 is 1.00 bits per heavy atom. The van der Waals surface area contributed by atoms with E-state index in [1.54, 1.807) is 24.3 Å². The van der Waals surface area contributed by atoms with E-state index < -0.39 is 35.9 Å². The van der Waals surface area contributed by atoms with Crippen molar-refractivity contribution in [2.24, 2.45) is 0 Å². The van der Waals surface area contributed by atoms with Crippen LogP contribution < -0.4 is 0 Å². The Labute approximate surface area is 150 Å². The zero-order valence-electron chi connectivity index (χ0n) is 9.53. The summed E-state index contributed by atoms with van der Waals surface area (Å²) in [6, 6.07) is 6.46. The molecule has 21 heavy (non-hydrogen) atoms. The van der Waals surface area contributed by atoms with Gasteiger partial charge in [0, 0.05) is 0 Å². The second-order valence-corrected chi connectivity index (χ2v) is 16.0. The van der Waals surface area contributed by atoms with E-state index in [9.17, 15) is 21.6 Å². The molecule has 0 amide bonds. The molecule has 0 fully saturated rings. The van der Waals surface area contributed by atoms with Crippen LogP contribution in [0.15, 0.2) is 31.8 Å². The molecule has 118 valence electrons. The van der Waals surface area contributed by atoms with Crippen LogP contribution in [-0.2, 0) is 12.6 Å². The van der Waals surface area contributed by atoms with Gasteiger partial charge in [0.15, 0.2) is 0 Å². The second-order valence-electron chi connectivity index (χ2n) is 3.30. The predicted octanol–water partition coefficient (Wildman–Crippen LogP) is 5.66. The standard InChI is InChI=1S/C9H4Br2F3IO3S3/c10-5-1-3-7(19-5)15(8-4-2-6(11)20-8)18-21(16,17)9(12,13)14/h1-4H. The Balaban J connectivity index is 2.43. The van der Waals surface area contributed by atoms with Gasteiger partial charge in [-0.1, -0.05) is 0 Å². The van der Waals surface area contributed by atoms with Gasteiger partial charge in [-0.05, 0) is 0 Å². The first-order valence-corrected chi connectivity index (χ1v) is 12.5. The van der Waals surface area contributed by atoms with E-state index in [0.29, 0.717) is 13.3 Å². The third kappa shape index (κ3) is 4.41. The van der Waals surface area contributed by atoms with Crippen molar-refractivity contribution < 1.29 is 24.1 Å². The summed E-state index contributed by atoms with van der Waals surface area (Å²) in [5.41, 5.74) is -5.42. The van der Waals surface area contributed by atoms with Gasteiger partial charge in [0.05, 0.1) is 0 Å². The third-order valence-corrected chi connectivity index (χ3v) is 13.9. The number of hydrogen-bond donors (Lipinski definition) is 0. The fraction of sp³-hybridized carbons (Fsp3) is 0.111. The molecule has 0 N–H and O–H groups in total. The van der Waals surface area contributed by atoms with Crippen LogP contribution in [0.2, 0.25) is 0 Å². The van der Waals surface area contributed by atoms with Crippen molar-refractivity contribution in [3.8, 4) is 0 Å². The van der Waals surface area contributed by atoms with Crippen LogP contribution in [0.5, 0.6) is 0 Å². The zero-order chi connectivity index (χ0) is 15.8. The van der Waals surface area contributed by atoms with Gasteiger partial charge in [-0.3, -0.25) is 0 Å². The summed E-state index contributed by atoms with van der Waals surface area (Å²) in [4.78, 5) is 0. The van der Waals surface area contributed by atoms with Crippen molar-refractivity contribution in [1.29, 1.82) is 0 Å². The predicted molar refractivity (Wildman–Crippen MR) is 91.5 cm³/mol. The Morgan fingerprint density at radius 3 is 1.71 bits per heavy atom. The summed E-state index contributed by atoms with van der Waals surface area (Å²) in [6.45, 7) is 0. The minimum absolute atomic E-state index is 0.508. The van der Waals surface area contributed by atoms with Crippen LogP contribution in [0.1, 0.15) is 0 Å². The van der Waals surface area contributed by atoms with Crippen LogP contribution in [0.4, 0.5) is 13.2 Å². The van der Waals surface area contributed by atoms with Crippen LogP contribution in [-0.4, -0.2) is 13.9 Å². The molecule has 0 saturated carbocycles. The topological polar surface area (TPSA) is 43.4 Å². The molecule has 0 aliphatic rings. The molecule has 0 atom stereocenters. The molecule has 0 aliphatic heterocycles. The van der Waals surface area contributed by atoms with E-state index in [1.807, 2.05) is 0 Å². The molecule has 0 saturated heterocycles. The minimum atomic E-state index is -5.62. The fourth-order valence-electron chi connectivity index (χ4n) is 1.04. The molecule has 2 aromatic rings. The number of hydrogen-bond acceptors (Lipinski definition) is 5. The summed E-state index contributed by atoms with van der Waals surface area (Å²) >= 11 is 5.59. The average Bonchev–Trinajstić information content (AvgIpc) is 2.94. The molecule has 0 aliphatic carbocycles. The molecule has 0 radical (unpaired) electrons. The van der Waals surface area contributed by atoms with E-state index in [4.69, 9.17) is 0 Å². The van der Waals surface area contributed by atoms with E-state index >= 15 is 0 Å². The van der Waals surface area contributed by atoms with Crippen molar-refractivity contribution >= 4 is 84.9 Å². The van der Waals surface area contributed by atoms with Gasteiger partial charge < -0.3 is 0 Å². The van der Waals surface area contributed by atoms with E-state index in [-0.39, 0.29) is 0 Å². The van der Waals surface area contributed by atoms with Crippen LogP contribution in [0.25, 0.3) is 0 Å². The van der Waals surface area contributed by atoms with Gasteiger partial charge in [-0.25, -0.2) is 0 Å². The number of halogens is 6. The van der Waals surface area contributed by atoms with E-state index in [1.165, 1.54) is 22.7 Å². The molecule has 0 aromatic carbocycles. The fourth-order valence-corrected chi connectivity index (χ4v) is 15.3. The maximum absolute atomic E-state index is 12.5. The summed E-state index contributed by atoms with van der Waals surface area (Å²) in [5.74, 6) is 0. The van der Waals surface area contributed by atoms with Crippen LogP contribution in [0, 0.1) is 5.77 Å². The molecule has 0 spiro atoms. The molecular formula is C9H4Br2F3IO3S3. The first-order chi connectivity index (χ1) is 9.60. The molecular weight excluding hydrogens is 596 g/mol. The molecule has 0 bridgehead atoms. The van der Waals surface area contributed by atoms with Crippen molar-refractivity contribution in [1.82, 2.24) is 0 Å². The Kier molecular flexibility index (Phi) is 5.81. The van der Waals surface area contributed by atoms with Gasteiger partial charge in [0.1, 0.15) is 0 Å². The number of thiophene rings is 2. The van der Waals surface area contributed by atoms with Crippen molar-refractivity contribution in [2.45, 2.75) is 5.51 Å². The molecule has 2 aromatic heterocycles. The van der Waals surface area contributed by atoms with Gasteiger partial charge in [0.2, 0.25) is 0 Å².